The van der Waals surface area contributed by atoms with Crippen molar-refractivity contribution < 1.29 is 14.6 Å². The Morgan fingerprint density at radius 2 is 2.26 bits per heavy atom. The first-order valence-electron chi connectivity index (χ1n) is 6.81. The molecular weight excluding hydrogens is 242 g/mol. The van der Waals surface area contributed by atoms with Crippen LogP contribution in [0.1, 0.15) is 18.4 Å². The fourth-order valence-corrected chi connectivity index (χ4v) is 2.62. The lowest BCUT2D eigenvalue weighted by Gasteiger charge is -2.27. The van der Waals surface area contributed by atoms with Crippen LogP contribution in [0.25, 0.3) is 0 Å². The van der Waals surface area contributed by atoms with Crippen LogP contribution in [-0.4, -0.2) is 38.6 Å². The van der Waals surface area contributed by atoms with Gasteiger partial charge in [0.05, 0.1) is 13.7 Å². The molecule has 2 N–H and O–H groups in total. The maximum atomic E-state index is 9.19. The largest absolute Gasteiger partial charge is 0.496 e. The molecule has 1 fully saturated rings. The standard InChI is InChI=1S/C15H23NO3/c1-18-14-5-3-2-4-13(14)10-16-11-15(6-8-17)7-9-19-12-15/h2-5,16-17H,6-12H2,1H3. The van der Waals surface area contributed by atoms with E-state index in [0.717, 1.165) is 50.5 Å². The minimum Gasteiger partial charge on any atom is -0.496 e. The van der Waals surface area contributed by atoms with Crippen molar-refractivity contribution in [1.82, 2.24) is 5.32 Å². The average molecular weight is 265 g/mol. The van der Waals surface area contributed by atoms with E-state index in [1.165, 1.54) is 0 Å². The molecule has 1 heterocycles. The van der Waals surface area contributed by atoms with Crippen molar-refractivity contribution in [2.45, 2.75) is 19.4 Å². The van der Waals surface area contributed by atoms with Crippen LogP contribution in [-0.2, 0) is 11.3 Å². The molecule has 0 spiro atoms. The molecule has 1 aliphatic rings. The highest BCUT2D eigenvalue weighted by Crippen LogP contribution is 2.31. The third-order valence-electron chi connectivity index (χ3n) is 3.84. The SMILES string of the molecule is COc1ccccc1CNCC1(CCO)CCOC1. The maximum Gasteiger partial charge on any atom is 0.123 e. The molecule has 0 bridgehead atoms. The molecule has 1 aromatic rings. The van der Waals surface area contributed by atoms with Crippen molar-refractivity contribution in [3.8, 4) is 5.75 Å². The van der Waals surface area contributed by atoms with Crippen molar-refractivity contribution in [1.29, 1.82) is 0 Å². The molecular formula is C15H23NO3. The van der Waals surface area contributed by atoms with E-state index in [4.69, 9.17) is 9.47 Å². The number of methoxy groups -OCH3 is 1. The first-order valence-corrected chi connectivity index (χ1v) is 6.81. The Morgan fingerprint density at radius 3 is 2.95 bits per heavy atom. The van der Waals surface area contributed by atoms with Gasteiger partial charge in [-0.2, -0.15) is 0 Å². The number of hydrogen-bond acceptors (Lipinski definition) is 4. The minimum absolute atomic E-state index is 0.0940. The zero-order chi connectivity index (χ0) is 13.6. The van der Waals surface area contributed by atoms with E-state index < -0.39 is 0 Å². The Labute approximate surface area is 114 Å². The highest BCUT2D eigenvalue weighted by molar-refractivity contribution is 5.32. The van der Waals surface area contributed by atoms with E-state index >= 15 is 0 Å². The van der Waals surface area contributed by atoms with Gasteiger partial charge < -0.3 is 19.9 Å². The molecule has 0 aromatic heterocycles. The summed E-state index contributed by atoms with van der Waals surface area (Å²) in [6, 6.07) is 8.02. The normalized spacial score (nSPS) is 22.6. The van der Waals surface area contributed by atoms with Gasteiger partial charge in [-0.1, -0.05) is 18.2 Å². The van der Waals surface area contributed by atoms with Gasteiger partial charge in [-0.05, 0) is 18.9 Å². The Balaban J connectivity index is 1.88. The van der Waals surface area contributed by atoms with E-state index in [-0.39, 0.29) is 12.0 Å². The highest BCUT2D eigenvalue weighted by atomic mass is 16.5. The van der Waals surface area contributed by atoms with Gasteiger partial charge in [0.15, 0.2) is 0 Å². The van der Waals surface area contributed by atoms with E-state index in [2.05, 4.69) is 11.4 Å². The quantitative estimate of drug-likeness (QED) is 0.786. The van der Waals surface area contributed by atoms with E-state index in [1.54, 1.807) is 7.11 Å². The lowest BCUT2D eigenvalue weighted by molar-refractivity contribution is 0.124. The Bertz CT molecular complexity index is 389. The third-order valence-corrected chi connectivity index (χ3v) is 3.84. The number of benzene rings is 1. The third kappa shape index (κ3) is 3.69. The molecule has 0 amide bonds. The Kier molecular flexibility index (Phi) is 5.19. The van der Waals surface area contributed by atoms with E-state index in [0.29, 0.717) is 0 Å². The number of nitrogens with one attached hydrogen (secondary N) is 1. The summed E-state index contributed by atoms with van der Waals surface area (Å²) in [7, 11) is 1.69. The molecule has 4 heteroatoms. The lowest BCUT2D eigenvalue weighted by Crippen LogP contribution is -2.35. The molecule has 0 aliphatic carbocycles. The van der Waals surface area contributed by atoms with Crippen LogP contribution in [0.2, 0.25) is 0 Å². The second-order valence-electron chi connectivity index (χ2n) is 5.19. The molecule has 2 rings (SSSR count). The van der Waals surface area contributed by atoms with Gasteiger partial charge in [0.1, 0.15) is 5.75 Å². The molecule has 1 aliphatic heterocycles. The van der Waals surface area contributed by atoms with Crippen molar-refractivity contribution in [3.63, 3.8) is 0 Å². The van der Waals surface area contributed by atoms with Gasteiger partial charge in [0.25, 0.3) is 0 Å². The summed E-state index contributed by atoms with van der Waals surface area (Å²) in [5.74, 6) is 0.911. The van der Waals surface area contributed by atoms with Gasteiger partial charge in [0, 0.05) is 37.3 Å². The summed E-state index contributed by atoms with van der Waals surface area (Å²) in [5.41, 5.74) is 1.25. The lowest BCUT2D eigenvalue weighted by atomic mass is 9.84. The summed E-state index contributed by atoms with van der Waals surface area (Å²) in [6.45, 7) is 3.41. The van der Waals surface area contributed by atoms with Gasteiger partial charge in [0.2, 0.25) is 0 Å². The molecule has 1 saturated heterocycles. The smallest absolute Gasteiger partial charge is 0.123 e. The van der Waals surface area contributed by atoms with Crippen LogP contribution in [0, 0.1) is 5.41 Å². The predicted molar refractivity (Wildman–Crippen MR) is 74.3 cm³/mol. The van der Waals surface area contributed by atoms with Gasteiger partial charge >= 0.3 is 0 Å². The number of ether oxygens (including phenoxy) is 2. The molecule has 0 radical (unpaired) electrons. The van der Waals surface area contributed by atoms with E-state index in [1.807, 2.05) is 18.2 Å². The molecule has 1 unspecified atom stereocenters. The van der Waals surface area contributed by atoms with Gasteiger partial charge in [-0.15, -0.1) is 0 Å². The molecule has 1 aromatic carbocycles. The summed E-state index contributed by atoms with van der Waals surface area (Å²) in [6.07, 6.45) is 1.82. The second-order valence-corrected chi connectivity index (χ2v) is 5.19. The predicted octanol–water partition coefficient (Wildman–Crippen LogP) is 1.57. The first-order chi connectivity index (χ1) is 9.29. The zero-order valence-electron chi connectivity index (χ0n) is 11.5. The minimum atomic E-state index is 0.0940. The number of para-hydroxylation sites is 1. The second kappa shape index (κ2) is 6.89. The van der Waals surface area contributed by atoms with Crippen molar-refractivity contribution in [2.24, 2.45) is 5.41 Å². The van der Waals surface area contributed by atoms with Crippen molar-refractivity contribution in [2.75, 3.05) is 33.5 Å². The van der Waals surface area contributed by atoms with Crippen LogP contribution >= 0.6 is 0 Å². The number of hydrogen-bond donors (Lipinski definition) is 2. The molecule has 106 valence electrons. The molecule has 0 saturated carbocycles. The van der Waals surface area contributed by atoms with Crippen LogP contribution < -0.4 is 10.1 Å². The van der Waals surface area contributed by atoms with Gasteiger partial charge in [-0.3, -0.25) is 0 Å². The number of aliphatic hydroxyl groups excluding tert-OH is 1. The van der Waals surface area contributed by atoms with E-state index in [9.17, 15) is 5.11 Å². The van der Waals surface area contributed by atoms with Crippen LogP contribution in [0.3, 0.4) is 0 Å². The topological polar surface area (TPSA) is 50.7 Å². The summed E-state index contributed by atoms with van der Waals surface area (Å²) < 4.78 is 10.8. The number of aliphatic hydroxyl groups is 1. The molecule has 4 nitrogen and oxygen atoms in total. The average Bonchev–Trinajstić information content (AvgIpc) is 2.88. The first kappa shape index (κ1) is 14.3. The number of rotatable bonds is 7. The fraction of sp³-hybridized carbons (Fsp3) is 0.600. The van der Waals surface area contributed by atoms with Crippen LogP contribution in [0.5, 0.6) is 5.75 Å². The monoisotopic (exact) mass is 265 g/mol. The van der Waals surface area contributed by atoms with Crippen LogP contribution in [0.15, 0.2) is 24.3 Å². The highest BCUT2D eigenvalue weighted by Gasteiger charge is 2.33. The molecule has 1 atom stereocenters. The fourth-order valence-electron chi connectivity index (χ4n) is 2.62. The zero-order valence-corrected chi connectivity index (χ0v) is 11.5. The van der Waals surface area contributed by atoms with Crippen molar-refractivity contribution >= 4 is 0 Å². The van der Waals surface area contributed by atoms with Crippen LogP contribution in [0.4, 0.5) is 0 Å². The van der Waals surface area contributed by atoms with Crippen molar-refractivity contribution in [3.05, 3.63) is 29.8 Å². The maximum absolute atomic E-state index is 9.19. The summed E-state index contributed by atoms with van der Waals surface area (Å²) in [5, 5.41) is 12.7. The van der Waals surface area contributed by atoms with Gasteiger partial charge in [-0.25, -0.2) is 0 Å². The Morgan fingerprint density at radius 1 is 1.42 bits per heavy atom. The summed E-state index contributed by atoms with van der Waals surface area (Å²) in [4.78, 5) is 0. The molecule has 19 heavy (non-hydrogen) atoms. The Hall–Kier alpha value is -1.10. The summed E-state index contributed by atoms with van der Waals surface area (Å²) >= 11 is 0.